The summed E-state index contributed by atoms with van der Waals surface area (Å²) in [5.41, 5.74) is 0. The molecule has 71 heavy (non-hydrogen) atoms. The smallest absolute Gasteiger partial charge is 0.310 e. The SMILES string of the molecule is CC/C=C\C/C=C\C/C=C\C/C=C\C/C=C\CC(=O)OC(COC(=O)CCCCCCC/C=C\C/C=C\CCCCC)COC(=O)CCCCCCCCCCCCCCCCCCCCCCCCC. The second-order valence-corrected chi connectivity index (χ2v) is 19.9. The molecule has 0 aliphatic heterocycles. The fourth-order valence-corrected chi connectivity index (χ4v) is 8.43. The average molecular weight is 990 g/mol. The van der Waals surface area contributed by atoms with Crippen LogP contribution < -0.4 is 0 Å². The Kier molecular flexibility index (Phi) is 56.3. The largest absolute Gasteiger partial charge is 0.462 e. The Labute approximate surface area is 439 Å². The number of carbonyl (C=O) groups is 3. The molecule has 0 fully saturated rings. The van der Waals surface area contributed by atoms with Gasteiger partial charge in [0.15, 0.2) is 6.10 Å². The first-order valence-corrected chi connectivity index (χ1v) is 30.1. The highest BCUT2D eigenvalue weighted by Gasteiger charge is 2.19. The molecule has 0 spiro atoms. The number of hydrogen-bond donors (Lipinski definition) is 0. The van der Waals surface area contributed by atoms with Crippen molar-refractivity contribution in [3.63, 3.8) is 0 Å². The molecule has 0 saturated heterocycles. The lowest BCUT2D eigenvalue weighted by Crippen LogP contribution is -2.30. The number of carbonyl (C=O) groups excluding carboxylic acids is 3. The molecule has 0 rings (SSSR count). The van der Waals surface area contributed by atoms with E-state index in [2.05, 4.69) is 93.7 Å². The highest BCUT2D eigenvalue weighted by molar-refractivity contribution is 5.72. The van der Waals surface area contributed by atoms with Crippen LogP contribution in [0.15, 0.2) is 85.1 Å². The maximum atomic E-state index is 12.8. The highest BCUT2D eigenvalue weighted by atomic mass is 16.6. The van der Waals surface area contributed by atoms with E-state index in [1.54, 1.807) is 6.08 Å². The van der Waals surface area contributed by atoms with Gasteiger partial charge >= 0.3 is 17.9 Å². The van der Waals surface area contributed by atoms with E-state index in [1.165, 1.54) is 154 Å². The van der Waals surface area contributed by atoms with Crippen molar-refractivity contribution >= 4 is 17.9 Å². The summed E-state index contributed by atoms with van der Waals surface area (Å²) in [6, 6.07) is 0. The van der Waals surface area contributed by atoms with E-state index >= 15 is 0 Å². The van der Waals surface area contributed by atoms with Crippen LogP contribution >= 0.6 is 0 Å². The predicted octanol–water partition coefficient (Wildman–Crippen LogP) is 20.3. The molecule has 0 aromatic heterocycles. The summed E-state index contributed by atoms with van der Waals surface area (Å²) in [4.78, 5) is 38.1. The van der Waals surface area contributed by atoms with Crippen molar-refractivity contribution in [3.05, 3.63) is 85.1 Å². The molecule has 0 bridgehead atoms. The van der Waals surface area contributed by atoms with Crippen LogP contribution in [0.4, 0.5) is 0 Å². The Morgan fingerprint density at radius 2 is 0.592 bits per heavy atom. The molecule has 0 radical (unpaired) electrons. The van der Waals surface area contributed by atoms with Crippen LogP contribution in [0.5, 0.6) is 0 Å². The number of esters is 3. The summed E-state index contributed by atoms with van der Waals surface area (Å²) >= 11 is 0. The molecule has 6 nitrogen and oxygen atoms in total. The first-order valence-electron chi connectivity index (χ1n) is 30.1. The number of ether oxygens (including phenoxy) is 3. The van der Waals surface area contributed by atoms with Crippen LogP contribution in [0.2, 0.25) is 0 Å². The Hall–Kier alpha value is -3.41. The third-order valence-electron chi connectivity index (χ3n) is 12.9. The summed E-state index contributed by atoms with van der Waals surface area (Å²) in [7, 11) is 0. The van der Waals surface area contributed by atoms with E-state index in [4.69, 9.17) is 14.2 Å². The average Bonchev–Trinajstić information content (AvgIpc) is 3.37. The summed E-state index contributed by atoms with van der Waals surface area (Å²) in [6.45, 7) is 6.43. The zero-order valence-electron chi connectivity index (χ0n) is 46.7. The quantitative estimate of drug-likeness (QED) is 0.0261. The van der Waals surface area contributed by atoms with Gasteiger partial charge in [-0.15, -0.1) is 0 Å². The minimum absolute atomic E-state index is 0.0946. The number of unbranched alkanes of at least 4 members (excludes halogenated alkanes) is 30. The molecule has 408 valence electrons. The monoisotopic (exact) mass is 989 g/mol. The highest BCUT2D eigenvalue weighted by Crippen LogP contribution is 2.17. The van der Waals surface area contributed by atoms with Crippen LogP contribution in [-0.2, 0) is 28.6 Å². The normalized spacial score (nSPS) is 12.7. The summed E-state index contributed by atoms with van der Waals surface area (Å²) in [6.07, 6.45) is 77.6. The van der Waals surface area contributed by atoms with Gasteiger partial charge in [0.05, 0.1) is 6.42 Å². The first-order chi connectivity index (χ1) is 35.0. The maximum Gasteiger partial charge on any atom is 0.310 e. The molecule has 6 heteroatoms. The van der Waals surface area contributed by atoms with E-state index in [0.29, 0.717) is 12.8 Å². The molecule has 0 aliphatic rings. The van der Waals surface area contributed by atoms with Crippen LogP contribution in [-0.4, -0.2) is 37.2 Å². The zero-order chi connectivity index (χ0) is 51.4. The van der Waals surface area contributed by atoms with Gasteiger partial charge in [-0.05, 0) is 77.0 Å². The summed E-state index contributed by atoms with van der Waals surface area (Å²) < 4.78 is 16.8. The van der Waals surface area contributed by atoms with Gasteiger partial charge in [0.2, 0.25) is 0 Å². The standard InChI is InChI=1S/C65H112O6/c1-4-7-10-13-16-19-22-25-28-29-30-31-32-33-34-35-38-40-43-46-49-52-55-58-64(67)70-61-62(71-65(68)59-56-53-50-47-44-41-37-27-24-21-18-15-12-9-6-3)60-69-63(66)57-54-51-48-45-42-39-36-26-23-20-17-14-11-8-5-2/h9,12,17-18,20-21,26-27,36-37,44,47,53,56,62H,4-8,10-11,13-16,19,22-25,28-35,38-43,45-46,48-52,54-55,57-61H2,1-3H3/b12-9-,20-17-,21-18-,36-26-,37-27-,47-44-,56-53-. The van der Waals surface area contributed by atoms with Gasteiger partial charge in [-0.1, -0.05) is 279 Å². The lowest BCUT2D eigenvalue weighted by Gasteiger charge is -2.18. The molecule has 0 aromatic carbocycles. The number of rotatable bonds is 54. The minimum atomic E-state index is -0.836. The molecular weight excluding hydrogens is 877 g/mol. The Bertz CT molecular complexity index is 1370. The maximum absolute atomic E-state index is 12.8. The van der Waals surface area contributed by atoms with Crippen molar-refractivity contribution in [2.75, 3.05) is 13.2 Å². The lowest BCUT2D eigenvalue weighted by atomic mass is 10.0. The predicted molar refractivity (Wildman–Crippen MR) is 307 cm³/mol. The molecule has 0 aromatic rings. The Morgan fingerprint density at radius 1 is 0.310 bits per heavy atom. The van der Waals surface area contributed by atoms with Gasteiger partial charge in [-0.2, -0.15) is 0 Å². The van der Waals surface area contributed by atoms with Crippen LogP contribution in [0.1, 0.15) is 290 Å². The molecule has 0 aliphatic carbocycles. The van der Waals surface area contributed by atoms with E-state index in [9.17, 15) is 14.4 Å². The Morgan fingerprint density at radius 3 is 0.958 bits per heavy atom. The van der Waals surface area contributed by atoms with Crippen LogP contribution in [0.25, 0.3) is 0 Å². The van der Waals surface area contributed by atoms with Crippen molar-refractivity contribution in [2.24, 2.45) is 0 Å². The third kappa shape index (κ3) is 57.4. The van der Waals surface area contributed by atoms with Gasteiger partial charge in [0.1, 0.15) is 13.2 Å². The van der Waals surface area contributed by atoms with Gasteiger partial charge in [-0.25, -0.2) is 0 Å². The van der Waals surface area contributed by atoms with Crippen molar-refractivity contribution in [1.29, 1.82) is 0 Å². The van der Waals surface area contributed by atoms with Gasteiger partial charge in [0.25, 0.3) is 0 Å². The minimum Gasteiger partial charge on any atom is -0.462 e. The van der Waals surface area contributed by atoms with E-state index in [-0.39, 0.29) is 31.6 Å². The molecule has 1 atom stereocenters. The zero-order valence-corrected chi connectivity index (χ0v) is 46.7. The van der Waals surface area contributed by atoms with Gasteiger partial charge < -0.3 is 14.2 Å². The number of allylic oxidation sites excluding steroid dienone is 13. The second kappa shape index (κ2) is 59.2. The van der Waals surface area contributed by atoms with E-state index < -0.39 is 12.1 Å². The molecule has 0 amide bonds. The van der Waals surface area contributed by atoms with Gasteiger partial charge in [0, 0.05) is 12.8 Å². The summed E-state index contributed by atoms with van der Waals surface area (Å²) in [5.74, 6) is -1.05. The fourth-order valence-electron chi connectivity index (χ4n) is 8.43. The fraction of sp³-hybridized carbons (Fsp3) is 0.738. The van der Waals surface area contributed by atoms with Crippen LogP contribution in [0.3, 0.4) is 0 Å². The molecular formula is C65H112O6. The van der Waals surface area contributed by atoms with Crippen molar-refractivity contribution in [2.45, 2.75) is 297 Å². The van der Waals surface area contributed by atoms with E-state index in [0.717, 1.165) is 96.3 Å². The van der Waals surface area contributed by atoms with Crippen molar-refractivity contribution < 1.29 is 28.6 Å². The summed E-state index contributed by atoms with van der Waals surface area (Å²) in [5, 5.41) is 0. The molecule has 0 saturated carbocycles. The molecule has 0 N–H and O–H groups in total. The first kappa shape index (κ1) is 67.6. The molecule has 1 unspecified atom stereocenters. The second-order valence-electron chi connectivity index (χ2n) is 19.9. The molecule has 0 heterocycles. The van der Waals surface area contributed by atoms with Crippen molar-refractivity contribution in [1.82, 2.24) is 0 Å². The van der Waals surface area contributed by atoms with E-state index in [1.807, 2.05) is 6.08 Å². The van der Waals surface area contributed by atoms with Gasteiger partial charge in [-0.3, -0.25) is 14.4 Å². The third-order valence-corrected chi connectivity index (χ3v) is 12.9. The topological polar surface area (TPSA) is 78.9 Å². The van der Waals surface area contributed by atoms with Crippen molar-refractivity contribution in [3.8, 4) is 0 Å². The Balaban J connectivity index is 4.39. The van der Waals surface area contributed by atoms with Crippen LogP contribution in [0, 0.1) is 0 Å². The lowest BCUT2D eigenvalue weighted by molar-refractivity contribution is -0.166. The number of hydrogen-bond acceptors (Lipinski definition) is 6.